The van der Waals surface area contributed by atoms with E-state index < -0.39 is 5.91 Å². The van der Waals surface area contributed by atoms with Gasteiger partial charge in [-0.15, -0.1) is 0 Å². The van der Waals surface area contributed by atoms with Gasteiger partial charge in [0.15, 0.2) is 0 Å². The molecule has 0 atom stereocenters. The molecule has 4 N–H and O–H groups in total. The zero-order valence-corrected chi connectivity index (χ0v) is 12.2. The van der Waals surface area contributed by atoms with Gasteiger partial charge in [0.25, 0.3) is 5.91 Å². The quantitative estimate of drug-likeness (QED) is 0.678. The SMILES string of the molecule is NC(=O)c1ccccc1NC(=O)CNCCc1ccccc1. The number of para-hydroxylation sites is 1. The van der Waals surface area contributed by atoms with Gasteiger partial charge in [0.1, 0.15) is 0 Å². The van der Waals surface area contributed by atoms with E-state index in [1.807, 2.05) is 30.3 Å². The lowest BCUT2D eigenvalue weighted by molar-refractivity contribution is -0.115. The Morgan fingerprint density at radius 1 is 0.955 bits per heavy atom. The molecule has 0 heterocycles. The highest BCUT2D eigenvalue weighted by atomic mass is 16.2. The maximum absolute atomic E-state index is 11.9. The van der Waals surface area contributed by atoms with Crippen LogP contribution in [0.25, 0.3) is 0 Å². The van der Waals surface area contributed by atoms with E-state index >= 15 is 0 Å². The number of anilines is 1. The van der Waals surface area contributed by atoms with Gasteiger partial charge in [-0.2, -0.15) is 0 Å². The van der Waals surface area contributed by atoms with Crippen LogP contribution in [0, 0.1) is 0 Å². The first kappa shape index (κ1) is 15.7. The van der Waals surface area contributed by atoms with Crippen molar-refractivity contribution in [2.75, 3.05) is 18.4 Å². The van der Waals surface area contributed by atoms with Gasteiger partial charge in [-0.25, -0.2) is 0 Å². The summed E-state index contributed by atoms with van der Waals surface area (Å²) in [5.74, 6) is -0.769. The normalized spacial score (nSPS) is 10.2. The average Bonchev–Trinajstić information content (AvgIpc) is 2.53. The molecular weight excluding hydrogens is 278 g/mol. The van der Waals surface area contributed by atoms with Crippen LogP contribution in [0.4, 0.5) is 5.69 Å². The van der Waals surface area contributed by atoms with Crippen molar-refractivity contribution in [1.29, 1.82) is 0 Å². The molecule has 0 spiro atoms. The number of nitrogens with two attached hydrogens (primary N) is 1. The molecule has 0 aliphatic rings. The van der Waals surface area contributed by atoms with E-state index in [1.54, 1.807) is 24.3 Å². The average molecular weight is 297 g/mol. The van der Waals surface area contributed by atoms with E-state index in [1.165, 1.54) is 5.56 Å². The highest BCUT2D eigenvalue weighted by molar-refractivity contribution is 6.03. The molecule has 22 heavy (non-hydrogen) atoms. The molecule has 0 saturated heterocycles. The summed E-state index contributed by atoms with van der Waals surface area (Å²) in [5.41, 5.74) is 7.23. The summed E-state index contributed by atoms with van der Waals surface area (Å²) < 4.78 is 0. The molecule has 2 aromatic carbocycles. The van der Waals surface area contributed by atoms with E-state index in [4.69, 9.17) is 5.73 Å². The fraction of sp³-hybridized carbons (Fsp3) is 0.176. The van der Waals surface area contributed by atoms with Gasteiger partial charge in [-0.05, 0) is 30.7 Å². The Kier molecular flexibility index (Phi) is 5.68. The highest BCUT2D eigenvalue weighted by Gasteiger charge is 2.09. The number of hydrogen-bond donors (Lipinski definition) is 3. The predicted octanol–water partition coefficient (Wildman–Crippen LogP) is 1.56. The second kappa shape index (κ2) is 7.95. The van der Waals surface area contributed by atoms with E-state index in [0.717, 1.165) is 6.42 Å². The van der Waals surface area contributed by atoms with Crippen LogP contribution >= 0.6 is 0 Å². The maximum Gasteiger partial charge on any atom is 0.250 e. The summed E-state index contributed by atoms with van der Waals surface area (Å²) in [7, 11) is 0. The lowest BCUT2D eigenvalue weighted by Crippen LogP contribution is -2.30. The highest BCUT2D eigenvalue weighted by Crippen LogP contribution is 2.13. The maximum atomic E-state index is 11.9. The van der Waals surface area contributed by atoms with Crippen LogP contribution in [0.1, 0.15) is 15.9 Å². The summed E-state index contributed by atoms with van der Waals surface area (Å²) in [4.78, 5) is 23.1. The molecule has 0 unspecified atom stereocenters. The third kappa shape index (κ3) is 4.71. The van der Waals surface area contributed by atoms with E-state index in [9.17, 15) is 9.59 Å². The second-order valence-electron chi connectivity index (χ2n) is 4.87. The monoisotopic (exact) mass is 297 g/mol. The molecule has 0 aromatic heterocycles. The Bertz CT molecular complexity index is 641. The van der Waals surface area contributed by atoms with E-state index in [-0.39, 0.29) is 12.5 Å². The van der Waals surface area contributed by atoms with Gasteiger partial charge >= 0.3 is 0 Å². The molecule has 2 amide bonds. The third-order valence-electron chi connectivity index (χ3n) is 3.19. The van der Waals surface area contributed by atoms with Crippen LogP contribution in [0.5, 0.6) is 0 Å². The molecule has 2 rings (SSSR count). The number of carbonyl (C=O) groups excluding carboxylic acids is 2. The molecule has 114 valence electrons. The number of hydrogen-bond acceptors (Lipinski definition) is 3. The van der Waals surface area contributed by atoms with E-state index in [2.05, 4.69) is 10.6 Å². The Hall–Kier alpha value is -2.66. The number of carbonyl (C=O) groups is 2. The second-order valence-corrected chi connectivity index (χ2v) is 4.87. The van der Waals surface area contributed by atoms with Crippen molar-refractivity contribution in [3.05, 3.63) is 65.7 Å². The van der Waals surface area contributed by atoms with Crippen LogP contribution < -0.4 is 16.4 Å². The largest absolute Gasteiger partial charge is 0.366 e. The van der Waals surface area contributed by atoms with E-state index in [0.29, 0.717) is 17.8 Å². The standard InChI is InChI=1S/C17H19N3O2/c18-17(22)14-8-4-5-9-15(14)20-16(21)12-19-11-10-13-6-2-1-3-7-13/h1-9,19H,10-12H2,(H2,18,22)(H,20,21). The molecular formula is C17H19N3O2. The summed E-state index contributed by atoms with van der Waals surface area (Å²) in [6.07, 6.45) is 0.853. The van der Waals surface area contributed by atoms with Crippen LogP contribution in [0.15, 0.2) is 54.6 Å². The van der Waals surface area contributed by atoms with Crippen molar-refractivity contribution in [2.24, 2.45) is 5.73 Å². The van der Waals surface area contributed by atoms with Crippen molar-refractivity contribution in [1.82, 2.24) is 5.32 Å². The van der Waals surface area contributed by atoms with Crippen molar-refractivity contribution in [3.8, 4) is 0 Å². The molecule has 2 aromatic rings. The molecule has 0 radical (unpaired) electrons. The van der Waals surface area contributed by atoms with Crippen LogP contribution in [0.2, 0.25) is 0 Å². The number of rotatable bonds is 7. The van der Waals surface area contributed by atoms with Crippen LogP contribution in [-0.2, 0) is 11.2 Å². The minimum atomic E-state index is -0.562. The molecule has 0 saturated carbocycles. The Balaban J connectivity index is 1.78. The first-order valence-electron chi connectivity index (χ1n) is 7.10. The molecule has 5 heteroatoms. The zero-order valence-electron chi connectivity index (χ0n) is 12.2. The first-order valence-corrected chi connectivity index (χ1v) is 7.10. The fourth-order valence-corrected chi connectivity index (χ4v) is 2.08. The van der Waals surface area contributed by atoms with Crippen LogP contribution in [-0.4, -0.2) is 24.9 Å². The van der Waals surface area contributed by atoms with Crippen molar-refractivity contribution in [2.45, 2.75) is 6.42 Å². The van der Waals surface area contributed by atoms with Gasteiger partial charge in [0, 0.05) is 0 Å². The summed E-state index contributed by atoms with van der Waals surface area (Å²) in [5, 5.41) is 5.76. The summed E-state index contributed by atoms with van der Waals surface area (Å²) in [6.45, 7) is 0.884. The summed E-state index contributed by atoms with van der Waals surface area (Å²) in [6, 6.07) is 16.7. The van der Waals surface area contributed by atoms with Gasteiger partial charge in [0.05, 0.1) is 17.8 Å². The minimum absolute atomic E-state index is 0.180. The molecule has 5 nitrogen and oxygen atoms in total. The number of nitrogens with one attached hydrogen (secondary N) is 2. The Morgan fingerprint density at radius 2 is 1.64 bits per heavy atom. The predicted molar refractivity (Wildman–Crippen MR) is 86.6 cm³/mol. The van der Waals surface area contributed by atoms with Crippen molar-refractivity contribution >= 4 is 17.5 Å². The molecule has 0 aliphatic heterocycles. The lowest BCUT2D eigenvalue weighted by atomic mass is 10.1. The van der Waals surface area contributed by atoms with Crippen LogP contribution in [0.3, 0.4) is 0 Å². The number of amides is 2. The van der Waals surface area contributed by atoms with Gasteiger partial charge in [-0.3, -0.25) is 9.59 Å². The van der Waals surface area contributed by atoms with Gasteiger partial charge in [-0.1, -0.05) is 42.5 Å². The molecule has 0 fully saturated rings. The minimum Gasteiger partial charge on any atom is -0.366 e. The lowest BCUT2D eigenvalue weighted by Gasteiger charge is -2.09. The third-order valence-corrected chi connectivity index (χ3v) is 3.19. The van der Waals surface area contributed by atoms with Gasteiger partial charge < -0.3 is 16.4 Å². The number of benzene rings is 2. The smallest absolute Gasteiger partial charge is 0.250 e. The number of primary amides is 1. The van der Waals surface area contributed by atoms with Gasteiger partial charge in [0.2, 0.25) is 5.91 Å². The molecule has 0 aliphatic carbocycles. The zero-order chi connectivity index (χ0) is 15.8. The Labute approximate surface area is 129 Å². The first-order chi connectivity index (χ1) is 10.7. The topological polar surface area (TPSA) is 84.2 Å². The Morgan fingerprint density at radius 3 is 2.36 bits per heavy atom. The fourth-order valence-electron chi connectivity index (χ4n) is 2.08. The van der Waals surface area contributed by atoms with Crippen molar-refractivity contribution < 1.29 is 9.59 Å². The molecule has 0 bridgehead atoms. The summed E-state index contributed by atoms with van der Waals surface area (Å²) >= 11 is 0. The van der Waals surface area contributed by atoms with Crippen molar-refractivity contribution in [3.63, 3.8) is 0 Å².